The van der Waals surface area contributed by atoms with Crippen LogP contribution in [0, 0.1) is 0 Å². The van der Waals surface area contributed by atoms with Crippen LogP contribution in [0.3, 0.4) is 0 Å². The number of hydrogen-bond donors (Lipinski definition) is 1. The Morgan fingerprint density at radius 3 is 2.48 bits per heavy atom. The third-order valence-electron chi connectivity index (χ3n) is 3.21. The van der Waals surface area contributed by atoms with Crippen LogP contribution in [-0.4, -0.2) is 11.7 Å². The van der Waals surface area contributed by atoms with Crippen LogP contribution in [0.15, 0.2) is 59.5 Å². The molecule has 2 nitrogen and oxygen atoms in total. The van der Waals surface area contributed by atoms with E-state index in [1.165, 1.54) is 6.07 Å². The summed E-state index contributed by atoms with van der Waals surface area (Å²) in [6, 6.07) is 14.3. The van der Waals surface area contributed by atoms with Crippen molar-refractivity contribution >= 4 is 17.7 Å². The lowest BCUT2D eigenvalue weighted by molar-refractivity contribution is -0.137. The zero-order valence-electron chi connectivity index (χ0n) is 12.4. The van der Waals surface area contributed by atoms with Crippen LogP contribution in [0.4, 0.5) is 13.2 Å². The molecule has 2 rings (SSSR count). The van der Waals surface area contributed by atoms with Gasteiger partial charge in [-0.05, 0) is 30.7 Å². The predicted octanol–water partition coefficient (Wildman–Crippen LogP) is 4.67. The molecular formula is C17H16F3NOS. The van der Waals surface area contributed by atoms with E-state index in [0.29, 0.717) is 4.90 Å². The van der Waals surface area contributed by atoms with E-state index < -0.39 is 11.7 Å². The summed E-state index contributed by atoms with van der Waals surface area (Å²) in [6.07, 6.45) is -4.37. The minimum Gasteiger partial charge on any atom is -0.349 e. The van der Waals surface area contributed by atoms with Crippen LogP contribution >= 0.6 is 11.8 Å². The van der Waals surface area contributed by atoms with Gasteiger partial charge in [-0.2, -0.15) is 13.2 Å². The predicted molar refractivity (Wildman–Crippen MR) is 85.2 cm³/mol. The van der Waals surface area contributed by atoms with Crippen molar-refractivity contribution in [3.63, 3.8) is 0 Å². The molecule has 0 aromatic heterocycles. The minimum atomic E-state index is -4.37. The molecule has 122 valence electrons. The van der Waals surface area contributed by atoms with E-state index in [2.05, 4.69) is 5.32 Å². The number of carbonyl (C=O) groups is 1. The molecule has 0 aliphatic carbocycles. The lowest BCUT2D eigenvalue weighted by atomic mass is 10.1. The summed E-state index contributed by atoms with van der Waals surface area (Å²) in [7, 11) is 0. The number of rotatable bonds is 5. The maximum atomic E-state index is 12.6. The van der Waals surface area contributed by atoms with Gasteiger partial charge in [0.25, 0.3) is 0 Å². The molecule has 2 aromatic carbocycles. The fourth-order valence-corrected chi connectivity index (χ4v) is 2.79. The van der Waals surface area contributed by atoms with E-state index in [-0.39, 0.29) is 17.7 Å². The molecule has 0 aliphatic heterocycles. The maximum Gasteiger partial charge on any atom is 0.416 e. The number of halogens is 3. The van der Waals surface area contributed by atoms with Gasteiger partial charge >= 0.3 is 6.18 Å². The average Bonchev–Trinajstić information content (AvgIpc) is 2.53. The Kier molecular flexibility index (Phi) is 5.71. The van der Waals surface area contributed by atoms with Gasteiger partial charge < -0.3 is 5.32 Å². The van der Waals surface area contributed by atoms with Crippen LogP contribution < -0.4 is 5.32 Å². The van der Waals surface area contributed by atoms with Gasteiger partial charge in [0.05, 0.1) is 17.4 Å². The Balaban J connectivity index is 1.90. The molecule has 0 bridgehead atoms. The molecule has 0 aliphatic rings. The van der Waals surface area contributed by atoms with Gasteiger partial charge in [-0.25, -0.2) is 0 Å². The Bertz CT molecular complexity index is 658. The largest absolute Gasteiger partial charge is 0.416 e. The summed E-state index contributed by atoms with van der Waals surface area (Å²) in [5.74, 6) is -0.151. The Labute approximate surface area is 137 Å². The summed E-state index contributed by atoms with van der Waals surface area (Å²) in [5.41, 5.74) is 0.269. The molecule has 1 atom stereocenters. The average molecular weight is 339 g/mol. The zero-order chi connectivity index (χ0) is 16.9. The van der Waals surface area contributed by atoms with Gasteiger partial charge in [-0.15, -0.1) is 11.8 Å². The Hall–Kier alpha value is -1.95. The molecule has 2 aromatic rings. The van der Waals surface area contributed by atoms with E-state index in [9.17, 15) is 18.0 Å². The fourth-order valence-electron chi connectivity index (χ4n) is 2.02. The Morgan fingerprint density at radius 1 is 1.13 bits per heavy atom. The highest BCUT2D eigenvalue weighted by atomic mass is 32.2. The second-order valence-electron chi connectivity index (χ2n) is 5.01. The van der Waals surface area contributed by atoms with Crippen LogP contribution in [-0.2, 0) is 11.0 Å². The molecule has 0 radical (unpaired) electrons. The third-order valence-corrected chi connectivity index (χ3v) is 4.20. The van der Waals surface area contributed by atoms with E-state index >= 15 is 0 Å². The van der Waals surface area contributed by atoms with E-state index in [1.807, 2.05) is 37.3 Å². The molecule has 0 saturated heterocycles. The third kappa shape index (κ3) is 5.32. The number of nitrogens with one attached hydrogen (secondary N) is 1. The highest BCUT2D eigenvalue weighted by molar-refractivity contribution is 8.00. The zero-order valence-corrected chi connectivity index (χ0v) is 13.2. The molecule has 0 unspecified atom stereocenters. The van der Waals surface area contributed by atoms with Crippen molar-refractivity contribution in [2.24, 2.45) is 0 Å². The lowest BCUT2D eigenvalue weighted by Crippen LogP contribution is -2.28. The summed E-state index contributed by atoms with van der Waals surface area (Å²) in [6.45, 7) is 1.86. The summed E-state index contributed by atoms with van der Waals surface area (Å²) < 4.78 is 37.9. The SMILES string of the molecule is C[C@@H](NC(=O)CSc1cccc(C(F)(F)F)c1)c1ccccc1. The molecule has 1 amide bonds. The quantitative estimate of drug-likeness (QED) is 0.802. The van der Waals surface area contributed by atoms with Gasteiger partial charge in [0.2, 0.25) is 5.91 Å². The fraction of sp³-hybridized carbons (Fsp3) is 0.235. The summed E-state index contributed by atoms with van der Waals surface area (Å²) >= 11 is 1.08. The molecule has 6 heteroatoms. The summed E-state index contributed by atoms with van der Waals surface area (Å²) in [4.78, 5) is 12.3. The maximum absolute atomic E-state index is 12.6. The van der Waals surface area contributed by atoms with Gasteiger partial charge in [-0.1, -0.05) is 36.4 Å². The first kappa shape index (κ1) is 17.4. The minimum absolute atomic E-state index is 0.0679. The Morgan fingerprint density at radius 2 is 1.83 bits per heavy atom. The van der Waals surface area contributed by atoms with E-state index in [0.717, 1.165) is 29.5 Å². The van der Waals surface area contributed by atoms with E-state index in [1.54, 1.807) is 6.07 Å². The van der Waals surface area contributed by atoms with E-state index in [4.69, 9.17) is 0 Å². The van der Waals surface area contributed by atoms with Crippen LogP contribution in [0.1, 0.15) is 24.1 Å². The molecule has 0 spiro atoms. The molecular weight excluding hydrogens is 323 g/mol. The van der Waals surface area contributed by atoms with Crippen molar-refractivity contribution < 1.29 is 18.0 Å². The van der Waals surface area contributed by atoms with Crippen molar-refractivity contribution in [2.75, 3.05) is 5.75 Å². The highest BCUT2D eigenvalue weighted by Gasteiger charge is 2.30. The molecule has 0 saturated carbocycles. The van der Waals surface area contributed by atoms with Crippen LogP contribution in [0.5, 0.6) is 0 Å². The molecule has 1 N–H and O–H groups in total. The van der Waals surface area contributed by atoms with Gasteiger partial charge in [0, 0.05) is 4.90 Å². The molecule has 0 fully saturated rings. The smallest absolute Gasteiger partial charge is 0.349 e. The monoisotopic (exact) mass is 339 g/mol. The number of thioether (sulfide) groups is 1. The number of hydrogen-bond acceptors (Lipinski definition) is 2. The second kappa shape index (κ2) is 7.55. The summed E-state index contributed by atoms with van der Waals surface area (Å²) in [5, 5.41) is 2.83. The first-order chi connectivity index (χ1) is 10.9. The number of carbonyl (C=O) groups excluding carboxylic acids is 1. The van der Waals surface area contributed by atoms with Crippen molar-refractivity contribution in [3.8, 4) is 0 Å². The number of benzene rings is 2. The van der Waals surface area contributed by atoms with Crippen molar-refractivity contribution in [1.82, 2.24) is 5.32 Å². The second-order valence-corrected chi connectivity index (χ2v) is 6.06. The topological polar surface area (TPSA) is 29.1 Å². The van der Waals surface area contributed by atoms with Gasteiger partial charge in [0.1, 0.15) is 0 Å². The first-order valence-corrected chi connectivity index (χ1v) is 7.99. The molecule has 23 heavy (non-hydrogen) atoms. The molecule has 0 heterocycles. The van der Waals surface area contributed by atoms with Gasteiger partial charge in [0.15, 0.2) is 0 Å². The van der Waals surface area contributed by atoms with Crippen molar-refractivity contribution in [2.45, 2.75) is 24.0 Å². The standard InChI is InChI=1S/C17H16F3NOS/c1-12(13-6-3-2-4-7-13)21-16(22)11-23-15-9-5-8-14(10-15)17(18,19)20/h2-10,12H,11H2,1H3,(H,21,22)/t12-/m1/s1. The van der Waals surface area contributed by atoms with Crippen molar-refractivity contribution in [3.05, 3.63) is 65.7 Å². The number of alkyl halides is 3. The van der Waals surface area contributed by atoms with Crippen LogP contribution in [0.2, 0.25) is 0 Å². The number of amides is 1. The van der Waals surface area contributed by atoms with Crippen LogP contribution in [0.25, 0.3) is 0 Å². The lowest BCUT2D eigenvalue weighted by Gasteiger charge is -2.14. The first-order valence-electron chi connectivity index (χ1n) is 7.00. The highest BCUT2D eigenvalue weighted by Crippen LogP contribution is 2.31. The normalized spacial score (nSPS) is 12.7. The van der Waals surface area contributed by atoms with Crippen molar-refractivity contribution in [1.29, 1.82) is 0 Å². The van der Waals surface area contributed by atoms with Gasteiger partial charge in [-0.3, -0.25) is 4.79 Å².